The van der Waals surface area contributed by atoms with E-state index in [1.54, 1.807) is 19.0 Å². The van der Waals surface area contributed by atoms with Crippen molar-refractivity contribution in [1.29, 1.82) is 0 Å². The molecule has 2 atom stereocenters. The van der Waals surface area contributed by atoms with Gasteiger partial charge in [-0.15, -0.1) is 0 Å². The summed E-state index contributed by atoms with van der Waals surface area (Å²) in [5, 5.41) is 5.19. The molecule has 0 bridgehead atoms. The molecule has 7 nitrogen and oxygen atoms in total. The molecule has 48 heavy (non-hydrogen) atoms. The molecule has 1 saturated carbocycles. The van der Waals surface area contributed by atoms with Crippen LogP contribution in [-0.4, -0.2) is 93.7 Å². The van der Waals surface area contributed by atoms with E-state index in [1.165, 1.54) is 30.4 Å². The van der Waals surface area contributed by atoms with Crippen LogP contribution < -0.4 is 15.0 Å². The van der Waals surface area contributed by atoms with E-state index < -0.39 is 0 Å². The first-order valence-corrected chi connectivity index (χ1v) is 18.4. The fourth-order valence-corrected chi connectivity index (χ4v) is 8.34. The molecule has 0 aromatic heterocycles. The molecule has 2 saturated heterocycles. The van der Waals surface area contributed by atoms with Crippen LogP contribution in [0.4, 0.5) is 10.5 Å². The highest BCUT2D eigenvalue weighted by Crippen LogP contribution is 2.49. The highest BCUT2D eigenvalue weighted by atomic mass is 35.5. The number of para-hydroxylation sites is 1. The average Bonchev–Trinajstić information content (AvgIpc) is 3.43. The minimum Gasteiger partial charge on any atom is -0.457 e. The molecule has 3 aliphatic heterocycles. The summed E-state index contributed by atoms with van der Waals surface area (Å²) in [6, 6.07) is 20.6. The van der Waals surface area contributed by atoms with Crippen LogP contribution in [0.2, 0.25) is 15.1 Å². The number of fused-ring (bicyclic) bond motifs is 5. The molecule has 4 aliphatic rings. The fraction of sp³-hybridized carbons (Fsp3) is 0.500. The number of rotatable bonds is 5. The predicted molar refractivity (Wildman–Crippen MR) is 199 cm³/mol. The Labute approximate surface area is 301 Å². The van der Waals surface area contributed by atoms with Crippen LogP contribution in [0.5, 0.6) is 11.5 Å². The van der Waals surface area contributed by atoms with Crippen molar-refractivity contribution in [3.8, 4) is 11.5 Å². The average molecular weight is 713 g/mol. The Hall–Kier alpha value is -2.68. The van der Waals surface area contributed by atoms with Crippen LogP contribution in [0.15, 0.2) is 60.7 Å². The second-order valence-corrected chi connectivity index (χ2v) is 15.2. The number of ether oxygens (including phenoxy) is 1. The van der Waals surface area contributed by atoms with E-state index in [0.29, 0.717) is 27.9 Å². The van der Waals surface area contributed by atoms with Crippen LogP contribution in [0, 0.1) is 5.92 Å². The molecule has 3 aromatic carbocycles. The van der Waals surface area contributed by atoms with Gasteiger partial charge in [0.05, 0.1) is 15.7 Å². The van der Waals surface area contributed by atoms with Crippen molar-refractivity contribution >= 4 is 46.5 Å². The highest BCUT2D eigenvalue weighted by molar-refractivity contribution is 6.43. The van der Waals surface area contributed by atoms with Crippen LogP contribution in [0.1, 0.15) is 55.1 Å². The topological polar surface area (TPSA) is 51.3 Å². The molecule has 2 amide bonds. The third kappa shape index (κ3) is 8.36. The Morgan fingerprint density at radius 1 is 0.854 bits per heavy atom. The van der Waals surface area contributed by atoms with Crippen molar-refractivity contribution in [3.63, 3.8) is 0 Å². The lowest BCUT2D eigenvalue weighted by molar-refractivity contribution is 0.194. The minimum atomic E-state index is 0.0288. The summed E-state index contributed by atoms with van der Waals surface area (Å²) in [5.74, 6) is 3.66. The maximum atomic E-state index is 11.8. The van der Waals surface area contributed by atoms with E-state index in [2.05, 4.69) is 57.4 Å². The maximum Gasteiger partial charge on any atom is 0.317 e. The largest absolute Gasteiger partial charge is 0.457 e. The summed E-state index contributed by atoms with van der Waals surface area (Å²) in [5.41, 5.74) is 3.60. The van der Waals surface area contributed by atoms with Crippen LogP contribution in [-0.2, 0) is 0 Å². The van der Waals surface area contributed by atoms with Crippen molar-refractivity contribution in [1.82, 2.24) is 20.0 Å². The number of carbonyl (C=O) groups excluding carboxylic acids is 1. The van der Waals surface area contributed by atoms with Gasteiger partial charge >= 0.3 is 6.03 Å². The van der Waals surface area contributed by atoms with E-state index in [1.807, 2.05) is 30.3 Å². The quantitative estimate of drug-likeness (QED) is 0.287. The van der Waals surface area contributed by atoms with Gasteiger partial charge in [-0.3, -0.25) is 4.90 Å². The first-order chi connectivity index (χ1) is 23.2. The number of carbonyl (C=O) groups is 1. The Morgan fingerprint density at radius 2 is 1.54 bits per heavy atom. The van der Waals surface area contributed by atoms with Gasteiger partial charge in [0.15, 0.2) is 0 Å². The number of anilines is 1. The third-order valence-electron chi connectivity index (χ3n) is 10.5. The lowest BCUT2D eigenvalue weighted by Gasteiger charge is -2.37. The van der Waals surface area contributed by atoms with Gasteiger partial charge in [-0.2, -0.15) is 0 Å². The summed E-state index contributed by atoms with van der Waals surface area (Å²) in [4.78, 5) is 20.7. The van der Waals surface area contributed by atoms with Crippen molar-refractivity contribution in [3.05, 3.63) is 86.9 Å². The van der Waals surface area contributed by atoms with Gasteiger partial charge in [0.1, 0.15) is 11.5 Å². The SMILES string of the molecule is CN(C)C(=O)N[C@H]1CC[C@H](CCN2CCN(c3cccc(Cl)c3Cl)CC2)CC1.CN1C[C@H]2c3ccccc3Oc3ccc(Cl)cc3[C@@H]2C1. The second kappa shape index (κ2) is 15.9. The van der Waals surface area contributed by atoms with E-state index in [0.717, 1.165) is 86.8 Å². The number of nitrogens with one attached hydrogen (secondary N) is 1. The lowest BCUT2D eigenvalue weighted by atomic mass is 9.84. The van der Waals surface area contributed by atoms with Crippen molar-refractivity contribution in [2.45, 2.75) is 50.0 Å². The molecule has 7 rings (SSSR count). The molecule has 258 valence electrons. The number of hydrogen-bond donors (Lipinski definition) is 1. The van der Waals surface area contributed by atoms with E-state index in [-0.39, 0.29) is 6.03 Å². The van der Waals surface area contributed by atoms with Gasteiger partial charge in [0.25, 0.3) is 0 Å². The smallest absolute Gasteiger partial charge is 0.317 e. The molecule has 1 aliphatic carbocycles. The Bertz CT molecular complexity index is 1560. The normalized spacial score (nSPS) is 23.8. The third-order valence-corrected chi connectivity index (χ3v) is 11.5. The molecule has 10 heteroatoms. The Kier molecular flexibility index (Phi) is 11.6. The zero-order valence-electron chi connectivity index (χ0n) is 28.3. The Balaban J connectivity index is 0.000000176. The maximum absolute atomic E-state index is 11.8. The lowest BCUT2D eigenvalue weighted by Crippen LogP contribution is -2.47. The standard InChI is InChI=1S/C21H32Cl2N4O.C17H16ClNO/c1-25(2)21(28)24-17-8-6-16(7-9-17)10-11-26-12-14-27(15-13-26)19-5-3-4-18(22)20(19)23;1-19-9-14-12-4-2-3-5-16(12)20-17-7-6-11(18)8-13(17)15(14)10-19/h3-5,16-17H,6-15H2,1-2H3,(H,24,28);2-8,14-15H,9-10H2,1H3/t16-,17-;14-,15-/m.0/s1. The predicted octanol–water partition coefficient (Wildman–Crippen LogP) is 8.59. The van der Waals surface area contributed by atoms with Gasteiger partial charge in [-0.1, -0.05) is 59.1 Å². The number of benzene rings is 3. The summed E-state index contributed by atoms with van der Waals surface area (Å²) >= 11 is 18.7. The van der Waals surface area contributed by atoms with Gasteiger partial charge in [-0.25, -0.2) is 4.79 Å². The zero-order valence-corrected chi connectivity index (χ0v) is 30.6. The molecule has 1 N–H and O–H groups in total. The molecule has 3 fully saturated rings. The number of hydrogen-bond acceptors (Lipinski definition) is 5. The second-order valence-electron chi connectivity index (χ2n) is 14.0. The molecule has 0 radical (unpaired) electrons. The summed E-state index contributed by atoms with van der Waals surface area (Å²) in [6.45, 7) is 7.39. The summed E-state index contributed by atoms with van der Waals surface area (Å²) < 4.78 is 6.15. The monoisotopic (exact) mass is 711 g/mol. The number of likely N-dealkylation sites (N-methyl/N-ethyl adjacent to an activating group) is 1. The summed E-state index contributed by atoms with van der Waals surface area (Å²) in [7, 11) is 5.77. The molecule has 3 aromatic rings. The van der Waals surface area contributed by atoms with Gasteiger partial charge in [-0.05, 0) is 93.6 Å². The van der Waals surface area contributed by atoms with Crippen LogP contribution in [0.3, 0.4) is 0 Å². The molecule has 3 heterocycles. The number of halogens is 3. The van der Waals surface area contributed by atoms with Crippen molar-refractivity contribution < 1.29 is 9.53 Å². The molecule has 0 unspecified atom stereocenters. The van der Waals surface area contributed by atoms with Crippen LogP contribution in [0.25, 0.3) is 0 Å². The molecular formula is C38H48Cl3N5O2. The fourth-order valence-electron chi connectivity index (χ4n) is 7.74. The molecule has 0 spiro atoms. The first kappa shape index (κ1) is 35.2. The molecular weight excluding hydrogens is 665 g/mol. The van der Waals surface area contributed by atoms with Gasteiger partial charge < -0.3 is 24.8 Å². The van der Waals surface area contributed by atoms with E-state index in [9.17, 15) is 4.79 Å². The zero-order chi connectivity index (χ0) is 33.8. The first-order valence-electron chi connectivity index (χ1n) is 17.3. The van der Waals surface area contributed by atoms with Gasteiger partial charge in [0.2, 0.25) is 0 Å². The van der Waals surface area contributed by atoms with Gasteiger partial charge in [0, 0.05) is 81.8 Å². The van der Waals surface area contributed by atoms with Crippen LogP contribution >= 0.6 is 34.8 Å². The number of amides is 2. The number of likely N-dealkylation sites (tertiary alicyclic amines) is 1. The van der Waals surface area contributed by atoms with Crippen molar-refractivity contribution in [2.24, 2.45) is 5.92 Å². The number of piperazine rings is 1. The summed E-state index contributed by atoms with van der Waals surface area (Å²) in [6.07, 6.45) is 5.90. The van der Waals surface area contributed by atoms with E-state index >= 15 is 0 Å². The number of nitrogens with zero attached hydrogens (tertiary/aromatic N) is 4. The highest BCUT2D eigenvalue weighted by Gasteiger charge is 2.38. The Morgan fingerprint density at radius 3 is 2.27 bits per heavy atom. The van der Waals surface area contributed by atoms with Crippen molar-refractivity contribution in [2.75, 3.05) is 71.9 Å². The number of urea groups is 1. The van der Waals surface area contributed by atoms with E-state index in [4.69, 9.17) is 39.5 Å². The minimum absolute atomic E-state index is 0.0288.